The largest absolute Gasteiger partial charge is 0.353 e. The smallest absolute Gasteiger partial charge is 0.0992 e. The molecule has 0 saturated carbocycles. The lowest BCUT2D eigenvalue weighted by atomic mass is 10.2. The van der Waals surface area contributed by atoms with E-state index in [4.69, 9.17) is 16.9 Å². The molecule has 0 bridgehead atoms. The second-order valence-corrected chi connectivity index (χ2v) is 5.73. The summed E-state index contributed by atoms with van der Waals surface area (Å²) in [6, 6.07) is 13.0. The van der Waals surface area contributed by atoms with E-state index in [-0.39, 0.29) is 0 Å². The molecular weight excluding hydrogens is 379 g/mol. The first-order chi connectivity index (χ1) is 8.60. The van der Waals surface area contributed by atoms with Crippen LogP contribution in [-0.2, 0) is 0 Å². The fraction of sp³-hybridized carbons (Fsp3) is 0. The van der Waals surface area contributed by atoms with Crippen LogP contribution in [0, 0.1) is 11.3 Å². The summed E-state index contributed by atoms with van der Waals surface area (Å²) in [5.41, 5.74) is 2.28. The molecule has 2 rings (SSSR count). The quantitative estimate of drug-likeness (QED) is 0.742. The minimum atomic E-state index is 0.606. The molecule has 1 N–H and O–H groups in total. The summed E-state index contributed by atoms with van der Waals surface area (Å²) in [6.07, 6.45) is 0. The Morgan fingerprint density at radius 2 is 1.78 bits per heavy atom. The molecule has 0 aliphatic rings. The predicted octanol–water partition coefficient (Wildman–Crippen LogP) is 5.48. The van der Waals surface area contributed by atoms with Crippen LogP contribution in [0.15, 0.2) is 45.3 Å². The van der Waals surface area contributed by atoms with E-state index in [1.165, 1.54) is 0 Å². The Kier molecular flexibility index (Phi) is 4.28. The SMILES string of the molecule is N#Cc1ccc(Nc2ccc(Br)cc2Cl)c(Br)c1. The van der Waals surface area contributed by atoms with Crippen molar-refractivity contribution in [2.45, 2.75) is 0 Å². The van der Waals surface area contributed by atoms with Gasteiger partial charge in [0.15, 0.2) is 0 Å². The van der Waals surface area contributed by atoms with Crippen molar-refractivity contribution in [3.63, 3.8) is 0 Å². The van der Waals surface area contributed by atoms with E-state index < -0.39 is 0 Å². The molecule has 2 aromatic carbocycles. The van der Waals surface area contributed by atoms with Gasteiger partial charge in [-0.25, -0.2) is 0 Å². The van der Waals surface area contributed by atoms with Gasteiger partial charge in [0.05, 0.1) is 28.0 Å². The zero-order valence-electron chi connectivity index (χ0n) is 9.05. The summed E-state index contributed by atoms with van der Waals surface area (Å²) in [5, 5.41) is 12.6. The molecular formula is C13H7Br2ClN2. The molecule has 0 amide bonds. The minimum absolute atomic E-state index is 0.606. The molecule has 0 saturated heterocycles. The highest BCUT2D eigenvalue weighted by Gasteiger charge is 2.05. The lowest BCUT2D eigenvalue weighted by Gasteiger charge is -2.10. The van der Waals surface area contributed by atoms with Gasteiger partial charge in [-0.1, -0.05) is 27.5 Å². The third-order valence-electron chi connectivity index (χ3n) is 2.30. The van der Waals surface area contributed by atoms with Gasteiger partial charge in [-0.15, -0.1) is 0 Å². The van der Waals surface area contributed by atoms with Crippen LogP contribution in [0.2, 0.25) is 5.02 Å². The molecule has 18 heavy (non-hydrogen) atoms. The topological polar surface area (TPSA) is 35.8 Å². The fourth-order valence-electron chi connectivity index (χ4n) is 1.42. The van der Waals surface area contributed by atoms with Gasteiger partial charge >= 0.3 is 0 Å². The number of benzene rings is 2. The molecule has 0 unspecified atom stereocenters. The number of hydrogen-bond donors (Lipinski definition) is 1. The third kappa shape index (κ3) is 3.05. The van der Waals surface area contributed by atoms with E-state index in [9.17, 15) is 0 Å². The summed E-state index contributed by atoms with van der Waals surface area (Å²) < 4.78 is 1.75. The van der Waals surface area contributed by atoms with Crippen molar-refractivity contribution in [1.82, 2.24) is 0 Å². The maximum atomic E-state index is 8.80. The van der Waals surface area contributed by atoms with Gasteiger partial charge in [-0.05, 0) is 52.3 Å². The van der Waals surface area contributed by atoms with Crippen molar-refractivity contribution >= 4 is 54.8 Å². The fourth-order valence-corrected chi connectivity index (χ4v) is 2.62. The number of nitrogens with one attached hydrogen (secondary N) is 1. The second kappa shape index (κ2) is 5.75. The standard InChI is InChI=1S/C13H7Br2ClN2/c14-9-2-4-13(11(16)6-9)18-12-3-1-8(7-17)5-10(12)15/h1-6,18H. The Morgan fingerprint density at radius 3 is 2.39 bits per heavy atom. The first-order valence-corrected chi connectivity index (χ1v) is 6.98. The molecule has 0 radical (unpaired) electrons. The molecule has 2 nitrogen and oxygen atoms in total. The van der Waals surface area contributed by atoms with Crippen LogP contribution in [0.1, 0.15) is 5.56 Å². The summed E-state index contributed by atoms with van der Waals surface area (Å²) >= 11 is 12.9. The van der Waals surface area contributed by atoms with Crippen LogP contribution in [0.5, 0.6) is 0 Å². The van der Waals surface area contributed by atoms with Crippen LogP contribution < -0.4 is 5.32 Å². The molecule has 2 aromatic rings. The number of rotatable bonds is 2. The summed E-state index contributed by atoms with van der Waals surface area (Å²) in [6.45, 7) is 0. The van der Waals surface area contributed by atoms with Crippen molar-refractivity contribution < 1.29 is 0 Å². The predicted molar refractivity (Wildman–Crippen MR) is 81.3 cm³/mol. The van der Waals surface area contributed by atoms with Gasteiger partial charge in [-0.3, -0.25) is 0 Å². The highest BCUT2D eigenvalue weighted by Crippen LogP contribution is 2.31. The highest BCUT2D eigenvalue weighted by molar-refractivity contribution is 9.10. The number of halogens is 3. The van der Waals surface area contributed by atoms with Crippen LogP contribution in [0.4, 0.5) is 11.4 Å². The monoisotopic (exact) mass is 384 g/mol. The summed E-state index contributed by atoms with van der Waals surface area (Å²) in [5.74, 6) is 0. The molecule has 90 valence electrons. The Labute approximate surface area is 127 Å². The molecule has 0 aromatic heterocycles. The molecule has 0 aliphatic heterocycles. The zero-order valence-corrected chi connectivity index (χ0v) is 13.0. The van der Waals surface area contributed by atoms with Gasteiger partial charge in [0, 0.05) is 8.95 Å². The van der Waals surface area contributed by atoms with Gasteiger partial charge < -0.3 is 5.32 Å². The van der Waals surface area contributed by atoms with E-state index in [1.807, 2.05) is 24.3 Å². The molecule has 0 aliphatic carbocycles. The van der Waals surface area contributed by atoms with Crippen LogP contribution in [-0.4, -0.2) is 0 Å². The second-order valence-electron chi connectivity index (χ2n) is 3.56. The summed E-state index contributed by atoms with van der Waals surface area (Å²) in [7, 11) is 0. The van der Waals surface area contributed by atoms with Crippen molar-refractivity contribution in [2.24, 2.45) is 0 Å². The number of anilines is 2. The number of hydrogen-bond acceptors (Lipinski definition) is 2. The Hall–Kier alpha value is -1.02. The lowest BCUT2D eigenvalue weighted by molar-refractivity contribution is 1.46. The van der Waals surface area contributed by atoms with E-state index >= 15 is 0 Å². The van der Waals surface area contributed by atoms with Crippen LogP contribution in [0.25, 0.3) is 0 Å². The van der Waals surface area contributed by atoms with Gasteiger partial charge in [-0.2, -0.15) is 5.26 Å². The molecule has 0 spiro atoms. The van der Waals surface area contributed by atoms with Crippen molar-refractivity contribution in [2.75, 3.05) is 5.32 Å². The van der Waals surface area contributed by atoms with Gasteiger partial charge in [0.25, 0.3) is 0 Å². The number of nitriles is 1. The van der Waals surface area contributed by atoms with Crippen LogP contribution >= 0.6 is 43.5 Å². The normalized spacial score (nSPS) is 9.89. The Morgan fingerprint density at radius 1 is 1.06 bits per heavy atom. The average molecular weight is 386 g/mol. The molecule has 5 heteroatoms. The van der Waals surface area contributed by atoms with Crippen molar-refractivity contribution in [3.05, 3.63) is 55.9 Å². The molecule has 0 atom stereocenters. The first kappa shape index (κ1) is 13.4. The first-order valence-electron chi connectivity index (χ1n) is 5.02. The van der Waals surface area contributed by atoms with Gasteiger partial charge in [0.1, 0.15) is 0 Å². The van der Waals surface area contributed by atoms with Crippen molar-refractivity contribution in [1.29, 1.82) is 5.26 Å². The average Bonchev–Trinajstić information content (AvgIpc) is 2.34. The summed E-state index contributed by atoms with van der Waals surface area (Å²) in [4.78, 5) is 0. The maximum absolute atomic E-state index is 8.80. The minimum Gasteiger partial charge on any atom is -0.353 e. The highest BCUT2D eigenvalue weighted by atomic mass is 79.9. The van der Waals surface area contributed by atoms with Crippen molar-refractivity contribution in [3.8, 4) is 6.07 Å². The molecule has 0 fully saturated rings. The number of nitrogens with zero attached hydrogens (tertiary/aromatic N) is 1. The molecule has 0 heterocycles. The third-order valence-corrected chi connectivity index (χ3v) is 3.76. The zero-order chi connectivity index (χ0) is 13.1. The van der Waals surface area contributed by atoms with E-state index in [0.717, 1.165) is 20.3 Å². The van der Waals surface area contributed by atoms with Crippen LogP contribution in [0.3, 0.4) is 0 Å². The Balaban J connectivity index is 2.32. The van der Waals surface area contributed by atoms with E-state index in [2.05, 4.69) is 43.2 Å². The van der Waals surface area contributed by atoms with Gasteiger partial charge in [0.2, 0.25) is 0 Å². The maximum Gasteiger partial charge on any atom is 0.0992 e. The van der Waals surface area contributed by atoms with E-state index in [0.29, 0.717) is 10.6 Å². The lowest BCUT2D eigenvalue weighted by Crippen LogP contribution is -1.92. The Bertz CT molecular complexity index is 635. The van der Waals surface area contributed by atoms with E-state index in [1.54, 1.807) is 12.1 Å².